The molecule has 1 fully saturated rings. The third-order valence-corrected chi connectivity index (χ3v) is 7.55. The van der Waals surface area contributed by atoms with Gasteiger partial charge in [-0.05, 0) is 53.0 Å². The Morgan fingerprint density at radius 1 is 1.06 bits per heavy atom. The van der Waals surface area contributed by atoms with Crippen LogP contribution in [0, 0.1) is 0 Å². The molecule has 0 amide bonds. The highest BCUT2D eigenvalue weighted by molar-refractivity contribution is 7.99. The Labute approximate surface area is 201 Å². The van der Waals surface area contributed by atoms with Crippen LogP contribution in [0.1, 0.15) is 47.6 Å². The van der Waals surface area contributed by atoms with Crippen molar-refractivity contribution in [1.29, 1.82) is 0 Å². The first kappa shape index (κ1) is 24.6. The molecule has 33 heavy (non-hydrogen) atoms. The van der Waals surface area contributed by atoms with E-state index in [2.05, 4.69) is 0 Å². The van der Waals surface area contributed by atoms with Crippen molar-refractivity contribution in [3.63, 3.8) is 0 Å². The van der Waals surface area contributed by atoms with E-state index in [4.69, 9.17) is 16.3 Å². The lowest BCUT2D eigenvalue weighted by molar-refractivity contribution is -0.200. The van der Waals surface area contributed by atoms with Crippen molar-refractivity contribution in [2.24, 2.45) is 0 Å². The number of aliphatic hydroxyl groups is 3. The Bertz CT molecular complexity index is 1010. The maximum Gasteiger partial charge on any atom is 0.251 e. The Balaban J connectivity index is 1.51. The van der Waals surface area contributed by atoms with E-state index in [9.17, 15) is 24.1 Å². The summed E-state index contributed by atoms with van der Waals surface area (Å²) in [5.74, 6) is -2.61. The monoisotopic (exact) mass is 496 g/mol. The summed E-state index contributed by atoms with van der Waals surface area (Å²) < 4.78 is 32.7. The van der Waals surface area contributed by atoms with Crippen LogP contribution in [0.3, 0.4) is 0 Å². The Kier molecular flexibility index (Phi) is 7.48. The van der Waals surface area contributed by atoms with Crippen molar-refractivity contribution >= 4 is 28.9 Å². The molecule has 4 nitrogen and oxygen atoms in total. The maximum atomic E-state index is 13.4. The van der Waals surface area contributed by atoms with Gasteiger partial charge in [-0.25, -0.2) is 8.78 Å². The van der Waals surface area contributed by atoms with E-state index in [0.29, 0.717) is 23.4 Å². The normalized spacial score (nSPS) is 29.5. The third-order valence-electron chi connectivity index (χ3n) is 6.33. The Morgan fingerprint density at radius 2 is 1.79 bits per heavy atom. The van der Waals surface area contributed by atoms with Crippen molar-refractivity contribution in [2.75, 3.05) is 6.26 Å². The molecule has 2 aliphatic rings. The second kappa shape index (κ2) is 10.0. The van der Waals surface area contributed by atoms with Gasteiger partial charge in [0.05, 0.1) is 0 Å². The van der Waals surface area contributed by atoms with Crippen LogP contribution in [-0.2, 0) is 11.2 Å². The van der Waals surface area contributed by atoms with E-state index in [1.807, 2.05) is 30.3 Å². The standard InChI is InChI=1S/C25H27ClF2O4S/c1-33-24-22(31)20(29)21(30)23(32-24)17-6-7-19(26)18(13-17)12-14-2-4-15(5-3-14)16-8-10-25(27,28)11-9-16/h2-8,13,20-24,29-31H,9-12H2,1H3/t20-,21-,22+,23?,24-/m1/s1. The van der Waals surface area contributed by atoms with Crippen molar-refractivity contribution in [3.05, 3.63) is 75.8 Å². The lowest BCUT2D eigenvalue weighted by Gasteiger charge is -2.40. The molecule has 8 heteroatoms. The molecule has 1 unspecified atom stereocenters. The number of thioether (sulfide) groups is 1. The zero-order valence-electron chi connectivity index (χ0n) is 18.1. The van der Waals surface area contributed by atoms with Crippen LogP contribution in [-0.4, -0.2) is 51.2 Å². The van der Waals surface area contributed by atoms with Crippen LogP contribution in [0.25, 0.3) is 5.57 Å². The molecule has 1 saturated heterocycles. The number of ether oxygens (including phenoxy) is 1. The van der Waals surface area contributed by atoms with Crippen molar-refractivity contribution in [1.82, 2.24) is 0 Å². The van der Waals surface area contributed by atoms with E-state index in [-0.39, 0.29) is 12.8 Å². The van der Waals surface area contributed by atoms with E-state index >= 15 is 0 Å². The minimum absolute atomic E-state index is 0.124. The fourth-order valence-electron chi connectivity index (χ4n) is 4.34. The quantitative estimate of drug-likeness (QED) is 0.545. The Morgan fingerprint density at radius 3 is 2.42 bits per heavy atom. The molecule has 178 valence electrons. The van der Waals surface area contributed by atoms with E-state index < -0.39 is 35.8 Å². The first-order valence-electron chi connectivity index (χ1n) is 10.9. The van der Waals surface area contributed by atoms with Gasteiger partial charge in [-0.15, -0.1) is 11.8 Å². The average Bonchev–Trinajstić information content (AvgIpc) is 2.80. The van der Waals surface area contributed by atoms with Gasteiger partial charge < -0.3 is 20.1 Å². The summed E-state index contributed by atoms with van der Waals surface area (Å²) in [7, 11) is 0. The van der Waals surface area contributed by atoms with Gasteiger partial charge in [0.2, 0.25) is 0 Å². The van der Waals surface area contributed by atoms with Gasteiger partial charge in [0.15, 0.2) is 0 Å². The molecule has 2 aromatic carbocycles. The van der Waals surface area contributed by atoms with Crippen molar-refractivity contribution in [2.45, 2.75) is 61.5 Å². The molecule has 2 aromatic rings. The number of allylic oxidation sites excluding steroid dienone is 2. The van der Waals surface area contributed by atoms with Crippen LogP contribution in [0.5, 0.6) is 0 Å². The fourth-order valence-corrected chi connectivity index (χ4v) is 5.19. The first-order valence-corrected chi connectivity index (χ1v) is 12.5. The number of halogens is 3. The average molecular weight is 497 g/mol. The van der Waals surface area contributed by atoms with Crippen LogP contribution >= 0.6 is 23.4 Å². The lowest BCUT2D eigenvalue weighted by Crippen LogP contribution is -2.52. The van der Waals surface area contributed by atoms with Gasteiger partial charge in [0.1, 0.15) is 29.9 Å². The molecule has 0 bridgehead atoms. The summed E-state index contributed by atoms with van der Waals surface area (Å²) in [5, 5.41) is 31.4. The van der Waals surface area contributed by atoms with Gasteiger partial charge >= 0.3 is 0 Å². The molecule has 0 aromatic heterocycles. The molecule has 0 radical (unpaired) electrons. The van der Waals surface area contributed by atoms with E-state index in [1.165, 1.54) is 11.8 Å². The number of benzene rings is 2. The molecule has 4 rings (SSSR count). The summed E-state index contributed by atoms with van der Waals surface area (Å²) in [5.41, 5.74) is 3.73. The largest absolute Gasteiger partial charge is 0.387 e. The highest BCUT2D eigenvalue weighted by Crippen LogP contribution is 2.38. The summed E-state index contributed by atoms with van der Waals surface area (Å²) in [6, 6.07) is 13.1. The van der Waals surface area contributed by atoms with Crippen LogP contribution in [0.2, 0.25) is 5.02 Å². The second-order valence-corrected chi connectivity index (χ2v) is 9.99. The van der Waals surface area contributed by atoms with Gasteiger partial charge in [-0.2, -0.15) is 0 Å². The summed E-state index contributed by atoms with van der Waals surface area (Å²) >= 11 is 7.70. The fraction of sp³-hybridized carbons (Fsp3) is 0.440. The SMILES string of the molecule is CS[C@H]1OC(c2ccc(Cl)c(Cc3ccc(C4=CCC(F)(F)CC4)cc3)c2)[C@H](O)[C@@H](O)[C@@H]1O. The number of aliphatic hydroxyl groups excluding tert-OH is 3. The van der Waals surface area contributed by atoms with Crippen molar-refractivity contribution in [3.8, 4) is 0 Å². The molecule has 3 N–H and O–H groups in total. The summed E-state index contributed by atoms with van der Waals surface area (Å²) in [6.07, 6.45) is -0.618. The van der Waals surface area contributed by atoms with Crippen LogP contribution in [0.15, 0.2) is 48.5 Å². The van der Waals surface area contributed by atoms with Gasteiger partial charge in [0.25, 0.3) is 5.92 Å². The van der Waals surface area contributed by atoms with Gasteiger partial charge in [-0.1, -0.05) is 54.1 Å². The van der Waals surface area contributed by atoms with Gasteiger partial charge in [-0.3, -0.25) is 0 Å². The molecular weight excluding hydrogens is 470 g/mol. The molecular formula is C25H27ClF2O4S. The maximum absolute atomic E-state index is 13.4. The molecule has 0 saturated carbocycles. The summed E-state index contributed by atoms with van der Waals surface area (Å²) in [4.78, 5) is 0. The zero-order valence-corrected chi connectivity index (χ0v) is 19.7. The summed E-state index contributed by atoms with van der Waals surface area (Å²) in [6.45, 7) is 0. The van der Waals surface area contributed by atoms with Crippen LogP contribution < -0.4 is 0 Å². The molecule has 1 aliphatic heterocycles. The topological polar surface area (TPSA) is 69.9 Å². The first-order chi connectivity index (χ1) is 15.7. The molecule has 0 spiro atoms. The van der Waals surface area contributed by atoms with E-state index in [0.717, 1.165) is 22.3 Å². The number of alkyl halides is 2. The number of hydrogen-bond acceptors (Lipinski definition) is 5. The predicted molar refractivity (Wildman–Crippen MR) is 127 cm³/mol. The second-order valence-electron chi connectivity index (χ2n) is 8.65. The number of hydrogen-bond donors (Lipinski definition) is 3. The number of rotatable bonds is 5. The zero-order chi connectivity index (χ0) is 23.8. The van der Waals surface area contributed by atoms with Crippen LogP contribution in [0.4, 0.5) is 8.78 Å². The Hall–Kier alpha value is -1.48. The minimum atomic E-state index is -2.61. The molecule has 1 heterocycles. The lowest BCUT2D eigenvalue weighted by atomic mass is 9.90. The highest BCUT2D eigenvalue weighted by atomic mass is 35.5. The van der Waals surface area contributed by atoms with Gasteiger partial charge in [0, 0.05) is 17.9 Å². The smallest absolute Gasteiger partial charge is 0.251 e. The van der Waals surface area contributed by atoms with Crippen molar-refractivity contribution < 1.29 is 28.8 Å². The molecule has 1 aliphatic carbocycles. The molecule has 5 atom stereocenters. The highest BCUT2D eigenvalue weighted by Gasteiger charge is 2.44. The minimum Gasteiger partial charge on any atom is -0.387 e. The predicted octanol–water partition coefficient (Wildman–Crippen LogP) is 4.98. The van der Waals surface area contributed by atoms with E-state index in [1.54, 1.807) is 24.5 Å². The third kappa shape index (κ3) is 5.45.